The first kappa shape index (κ1) is 7.25. The van der Waals surface area contributed by atoms with E-state index in [9.17, 15) is 0 Å². The highest BCUT2D eigenvalue weighted by atomic mass is 79.9. The van der Waals surface area contributed by atoms with Gasteiger partial charge in [0.1, 0.15) is 9.76 Å². The Morgan fingerprint density at radius 2 is 2.11 bits per heavy atom. The van der Waals surface area contributed by atoms with Gasteiger partial charge in [0.25, 0.3) is 0 Å². The van der Waals surface area contributed by atoms with Crippen LogP contribution in [0.5, 0.6) is 0 Å². The first-order valence-electron chi connectivity index (χ1n) is 2.03. The average Bonchev–Trinajstić information content (AvgIpc) is 1.80. The number of hydrogen-bond acceptors (Lipinski definition) is 2. The lowest BCUT2D eigenvalue weighted by molar-refractivity contribution is 1.17. The summed E-state index contributed by atoms with van der Waals surface area (Å²) in [5, 5.41) is 0.644. The molecule has 5 heteroatoms. The molecule has 0 aliphatic rings. The van der Waals surface area contributed by atoms with Gasteiger partial charge in [-0.3, -0.25) is 0 Å². The van der Waals surface area contributed by atoms with Crippen molar-refractivity contribution in [3.63, 3.8) is 0 Å². The zero-order chi connectivity index (χ0) is 6.85. The molecule has 0 aliphatic heterocycles. The minimum Gasteiger partial charge on any atom is -0.239 e. The molecule has 0 unspecified atom stereocenters. The summed E-state index contributed by atoms with van der Waals surface area (Å²) in [6, 6.07) is 0. The molecule has 0 aliphatic carbocycles. The Bertz CT molecular complexity index is 228. The largest absolute Gasteiger partial charge is 0.239 e. The highest BCUT2D eigenvalue weighted by molar-refractivity contribution is 9.10. The molecule has 0 amide bonds. The van der Waals surface area contributed by atoms with Crippen LogP contribution in [0.1, 0.15) is 0 Å². The standard InChI is InChI=1S/C4HBrCl2N2/c5-3-4(7)8-1-2(6)9-3/h1H. The third-order valence-corrected chi connectivity index (χ3v) is 1.90. The molecule has 0 saturated carbocycles. The topological polar surface area (TPSA) is 25.8 Å². The summed E-state index contributed by atoms with van der Waals surface area (Å²) in [5.74, 6) is 0. The van der Waals surface area contributed by atoms with Crippen molar-refractivity contribution >= 4 is 39.1 Å². The predicted octanol–water partition coefficient (Wildman–Crippen LogP) is 2.55. The number of rotatable bonds is 0. The van der Waals surface area contributed by atoms with Crippen molar-refractivity contribution in [1.82, 2.24) is 9.97 Å². The van der Waals surface area contributed by atoms with E-state index in [0.717, 1.165) is 0 Å². The molecule has 2 nitrogen and oxygen atoms in total. The van der Waals surface area contributed by atoms with Crippen molar-refractivity contribution in [1.29, 1.82) is 0 Å². The number of halogens is 3. The molecule has 1 rings (SSSR count). The number of aromatic nitrogens is 2. The van der Waals surface area contributed by atoms with Crippen molar-refractivity contribution in [3.05, 3.63) is 21.1 Å². The molecular weight excluding hydrogens is 227 g/mol. The van der Waals surface area contributed by atoms with E-state index in [1.54, 1.807) is 0 Å². The Balaban J connectivity index is 3.17. The average molecular weight is 228 g/mol. The molecule has 0 spiro atoms. The van der Waals surface area contributed by atoms with Crippen LogP contribution < -0.4 is 0 Å². The molecule has 0 fully saturated rings. The van der Waals surface area contributed by atoms with Crippen LogP contribution in [-0.2, 0) is 0 Å². The van der Waals surface area contributed by atoms with Gasteiger partial charge in [0.2, 0.25) is 0 Å². The first-order valence-corrected chi connectivity index (χ1v) is 3.58. The second-order valence-corrected chi connectivity index (χ2v) is 2.77. The Kier molecular flexibility index (Phi) is 2.27. The van der Waals surface area contributed by atoms with Crippen molar-refractivity contribution in [2.75, 3.05) is 0 Å². The van der Waals surface area contributed by atoms with E-state index in [-0.39, 0.29) is 0 Å². The molecule has 0 aromatic carbocycles. The summed E-state index contributed by atoms with van der Waals surface area (Å²) in [6.45, 7) is 0. The van der Waals surface area contributed by atoms with Gasteiger partial charge in [0.15, 0.2) is 5.15 Å². The van der Waals surface area contributed by atoms with E-state index >= 15 is 0 Å². The molecule has 9 heavy (non-hydrogen) atoms. The van der Waals surface area contributed by atoms with Crippen molar-refractivity contribution in [2.45, 2.75) is 0 Å². The third-order valence-electron chi connectivity index (χ3n) is 0.660. The summed E-state index contributed by atoms with van der Waals surface area (Å²) in [6.07, 6.45) is 1.38. The van der Waals surface area contributed by atoms with Crippen molar-refractivity contribution < 1.29 is 0 Å². The lowest BCUT2D eigenvalue weighted by atomic mass is 10.8. The van der Waals surface area contributed by atoms with E-state index in [4.69, 9.17) is 23.2 Å². The van der Waals surface area contributed by atoms with Gasteiger partial charge in [-0.25, -0.2) is 9.97 Å². The summed E-state index contributed by atoms with van der Waals surface area (Å²) in [5.41, 5.74) is 0. The van der Waals surface area contributed by atoms with Gasteiger partial charge in [-0.1, -0.05) is 23.2 Å². The zero-order valence-corrected chi connectivity index (χ0v) is 7.20. The maximum Gasteiger partial charge on any atom is 0.161 e. The van der Waals surface area contributed by atoms with Crippen LogP contribution in [0.25, 0.3) is 0 Å². The molecule has 0 atom stereocenters. The fraction of sp³-hybridized carbons (Fsp3) is 0. The Hall–Kier alpha value is 0.140. The predicted molar refractivity (Wildman–Crippen MR) is 39.8 cm³/mol. The summed E-state index contributed by atoms with van der Waals surface area (Å²) in [4.78, 5) is 7.46. The minimum atomic E-state index is 0.319. The van der Waals surface area contributed by atoms with Gasteiger partial charge in [0.05, 0.1) is 6.20 Å². The number of nitrogens with zero attached hydrogens (tertiary/aromatic N) is 2. The molecule has 1 aromatic heterocycles. The van der Waals surface area contributed by atoms with Gasteiger partial charge in [-0.15, -0.1) is 0 Å². The Morgan fingerprint density at radius 1 is 1.44 bits per heavy atom. The lowest BCUT2D eigenvalue weighted by Gasteiger charge is -1.91. The molecule has 1 heterocycles. The summed E-state index contributed by atoms with van der Waals surface area (Å²) >= 11 is 14.0. The van der Waals surface area contributed by atoms with Gasteiger partial charge in [-0.05, 0) is 15.9 Å². The van der Waals surface area contributed by atoms with Gasteiger partial charge >= 0.3 is 0 Å². The first-order chi connectivity index (χ1) is 4.20. The quantitative estimate of drug-likeness (QED) is 0.681. The van der Waals surface area contributed by atoms with Crippen LogP contribution in [0.3, 0.4) is 0 Å². The van der Waals surface area contributed by atoms with Crippen LogP contribution in [0.4, 0.5) is 0 Å². The Morgan fingerprint density at radius 3 is 2.56 bits per heavy atom. The monoisotopic (exact) mass is 226 g/mol. The highest BCUT2D eigenvalue weighted by Crippen LogP contribution is 2.18. The SMILES string of the molecule is Clc1cnc(Cl)c(Br)n1. The highest BCUT2D eigenvalue weighted by Gasteiger charge is 1.97. The maximum absolute atomic E-state index is 5.50. The van der Waals surface area contributed by atoms with Crippen molar-refractivity contribution in [2.24, 2.45) is 0 Å². The van der Waals surface area contributed by atoms with Crippen molar-refractivity contribution in [3.8, 4) is 0 Å². The van der Waals surface area contributed by atoms with Crippen LogP contribution in [0.2, 0.25) is 10.3 Å². The summed E-state index contributed by atoms with van der Waals surface area (Å²) < 4.78 is 0.469. The van der Waals surface area contributed by atoms with Crippen LogP contribution in [0.15, 0.2) is 10.8 Å². The van der Waals surface area contributed by atoms with E-state index in [1.165, 1.54) is 6.20 Å². The molecule has 1 aromatic rings. The van der Waals surface area contributed by atoms with E-state index < -0.39 is 0 Å². The smallest absolute Gasteiger partial charge is 0.161 e. The third kappa shape index (κ3) is 1.78. The normalized spacial score (nSPS) is 9.67. The maximum atomic E-state index is 5.50. The Labute approximate surface area is 70.3 Å². The van der Waals surface area contributed by atoms with E-state index in [0.29, 0.717) is 14.9 Å². The molecule has 0 N–H and O–H groups in total. The lowest BCUT2D eigenvalue weighted by Crippen LogP contribution is -1.81. The molecular formula is C4HBrCl2N2. The molecule has 0 bridgehead atoms. The molecule has 0 radical (unpaired) electrons. The van der Waals surface area contributed by atoms with Gasteiger partial charge < -0.3 is 0 Å². The van der Waals surface area contributed by atoms with E-state index in [2.05, 4.69) is 25.9 Å². The second kappa shape index (κ2) is 2.82. The summed E-state index contributed by atoms with van der Waals surface area (Å²) in [7, 11) is 0. The van der Waals surface area contributed by atoms with Crippen LogP contribution in [0, 0.1) is 0 Å². The van der Waals surface area contributed by atoms with E-state index in [1.807, 2.05) is 0 Å². The fourth-order valence-corrected chi connectivity index (χ4v) is 0.952. The fourth-order valence-electron chi connectivity index (χ4n) is 0.332. The second-order valence-electron chi connectivity index (χ2n) is 1.27. The molecule has 0 saturated heterocycles. The minimum absolute atomic E-state index is 0.319. The van der Waals surface area contributed by atoms with Gasteiger partial charge in [-0.2, -0.15) is 0 Å². The number of hydrogen-bond donors (Lipinski definition) is 0. The molecule has 48 valence electrons. The zero-order valence-electron chi connectivity index (χ0n) is 4.11. The van der Waals surface area contributed by atoms with Crippen LogP contribution in [-0.4, -0.2) is 9.97 Å². The van der Waals surface area contributed by atoms with Crippen LogP contribution >= 0.6 is 39.1 Å². The van der Waals surface area contributed by atoms with Gasteiger partial charge in [0, 0.05) is 0 Å².